The van der Waals surface area contributed by atoms with Gasteiger partial charge in [0.15, 0.2) is 0 Å². The van der Waals surface area contributed by atoms with Crippen molar-refractivity contribution in [3.8, 4) is 0 Å². The largest absolute Gasteiger partial charge is 0.357 e. The Kier molecular flexibility index (Phi) is 3.52. The summed E-state index contributed by atoms with van der Waals surface area (Å²) < 4.78 is 0.824. The maximum Gasteiger partial charge on any atom is 0.224 e. The first-order chi connectivity index (χ1) is 9.76. The minimum Gasteiger partial charge on any atom is -0.357 e. The average molecular weight is 329 g/mol. The smallest absolute Gasteiger partial charge is 0.224 e. The van der Waals surface area contributed by atoms with Crippen LogP contribution < -0.4 is 10.6 Å². The van der Waals surface area contributed by atoms with Gasteiger partial charge in [-0.15, -0.1) is 0 Å². The van der Waals surface area contributed by atoms with Crippen LogP contribution in [-0.4, -0.2) is 17.0 Å². The Morgan fingerprint density at radius 3 is 2.65 bits per heavy atom. The van der Waals surface area contributed by atoms with E-state index in [1.807, 2.05) is 18.2 Å². The third-order valence-electron chi connectivity index (χ3n) is 2.98. The summed E-state index contributed by atoms with van der Waals surface area (Å²) in [5, 5.41) is 8.64. The van der Waals surface area contributed by atoms with Crippen LogP contribution in [0.1, 0.15) is 0 Å². The van der Waals surface area contributed by atoms with Gasteiger partial charge >= 0.3 is 0 Å². The molecule has 0 aliphatic heterocycles. The maximum absolute atomic E-state index is 4.39. The lowest BCUT2D eigenvalue weighted by Gasteiger charge is -2.09. The van der Waals surface area contributed by atoms with Crippen LogP contribution in [0.15, 0.2) is 53.1 Å². The van der Waals surface area contributed by atoms with Gasteiger partial charge in [-0.2, -0.15) is 4.98 Å². The highest BCUT2D eigenvalue weighted by Crippen LogP contribution is 2.26. The van der Waals surface area contributed by atoms with Gasteiger partial charge in [0, 0.05) is 18.9 Å². The van der Waals surface area contributed by atoms with E-state index in [0.29, 0.717) is 5.95 Å². The number of hydrogen-bond donors (Lipinski definition) is 2. The van der Waals surface area contributed by atoms with E-state index in [9.17, 15) is 0 Å². The van der Waals surface area contributed by atoms with Crippen molar-refractivity contribution in [2.75, 3.05) is 17.7 Å². The zero-order chi connectivity index (χ0) is 13.9. The van der Waals surface area contributed by atoms with Crippen molar-refractivity contribution in [1.29, 1.82) is 0 Å². The van der Waals surface area contributed by atoms with Crippen LogP contribution in [0.3, 0.4) is 0 Å². The molecule has 1 heterocycles. The fraction of sp³-hybridized carbons (Fsp3) is 0.0667. The number of hydrogen-bond acceptors (Lipinski definition) is 4. The van der Waals surface area contributed by atoms with Crippen molar-refractivity contribution in [3.05, 3.63) is 53.1 Å². The number of fused-ring (bicyclic) bond motifs is 1. The van der Waals surface area contributed by atoms with Crippen LogP contribution in [0.2, 0.25) is 0 Å². The van der Waals surface area contributed by atoms with Gasteiger partial charge in [-0.05, 0) is 38.8 Å². The van der Waals surface area contributed by atoms with Crippen LogP contribution in [0.25, 0.3) is 10.8 Å². The van der Waals surface area contributed by atoms with Crippen LogP contribution in [0, 0.1) is 0 Å². The lowest BCUT2D eigenvalue weighted by atomic mass is 10.1. The number of halogens is 1. The van der Waals surface area contributed by atoms with Crippen molar-refractivity contribution in [2.24, 2.45) is 0 Å². The molecule has 0 saturated heterocycles. The van der Waals surface area contributed by atoms with Crippen molar-refractivity contribution < 1.29 is 0 Å². The Morgan fingerprint density at radius 2 is 1.85 bits per heavy atom. The molecule has 0 saturated carbocycles. The molecule has 3 rings (SSSR count). The molecule has 20 heavy (non-hydrogen) atoms. The summed E-state index contributed by atoms with van der Waals surface area (Å²) in [5.41, 5.74) is 0.991. The number of nitrogens with one attached hydrogen (secondary N) is 2. The van der Waals surface area contributed by atoms with Gasteiger partial charge in [0.2, 0.25) is 5.95 Å². The first-order valence-corrected chi connectivity index (χ1v) is 7.02. The number of rotatable bonds is 3. The molecule has 0 aliphatic rings. The van der Waals surface area contributed by atoms with E-state index in [1.54, 1.807) is 13.2 Å². The Hall–Kier alpha value is -2.14. The highest BCUT2D eigenvalue weighted by atomic mass is 79.9. The maximum atomic E-state index is 4.39. The van der Waals surface area contributed by atoms with Gasteiger partial charge in [0.1, 0.15) is 5.82 Å². The van der Waals surface area contributed by atoms with E-state index in [4.69, 9.17) is 0 Å². The second kappa shape index (κ2) is 5.46. The molecule has 0 amide bonds. The number of nitrogens with zero attached hydrogens (tertiary/aromatic N) is 2. The van der Waals surface area contributed by atoms with Crippen LogP contribution in [-0.2, 0) is 0 Å². The lowest BCUT2D eigenvalue weighted by Crippen LogP contribution is -2.01. The summed E-state index contributed by atoms with van der Waals surface area (Å²) in [7, 11) is 1.79. The summed E-state index contributed by atoms with van der Waals surface area (Å²) in [4.78, 5) is 8.53. The fourth-order valence-electron chi connectivity index (χ4n) is 1.98. The van der Waals surface area contributed by atoms with Crippen molar-refractivity contribution in [1.82, 2.24) is 9.97 Å². The van der Waals surface area contributed by atoms with Crippen molar-refractivity contribution in [3.63, 3.8) is 0 Å². The number of anilines is 3. The fourth-order valence-corrected chi connectivity index (χ4v) is 2.27. The Bertz CT molecular complexity index is 758. The molecule has 100 valence electrons. The first kappa shape index (κ1) is 12.9. The Balaban J connectivity index is 1.96. The molecule has 0 radical (unpaired) electrons. The number of aromatic nitrogens is 2. The third kappa shape index (κ3) is 2.58. The second-order valence-corrected chi connectivity index (χ2v) is 5.18. The number of benzene rings is 2. The van der Waals surface area contributed by atoms with Gasteiger partial charge in [0.05, 0.1) is 4.47 Å². The molecule has 2 aromatic carbocycles. The van der Waals surface area contributed by atoms with Gasteiger partial charge < -0.3 is 10.6 Å². The molecular weight excluding hydrogens is 316 g/mol. The van der Waals surface area contributed by atoms with Crippen LogP contribution >= 0.6 is 15.9 Å². The normalized spacial score (nSPS) is 10.5. The van der Waals surface area contributed by atoms with E-state index in [1.165, 1.54) is 10.8 Å². The molecule has 1 aromatic heterocycles. The summed E-state index contributed by atoms with van der Waals surface area (Å²) in [6.45, 7) is 0. The quantitative estimate of drug-likeness (QED) is 0.757. The third-order valence-corrected chi connectivity index (χ3v) is 3.56. The topological polar surface area (TPSA) is 49.8 Å². The first-order valence-electron chi connectivity index (χ1n) is 6.22. The van der Waals surface area contributed by atoms with E-state index < -0.39 is 0 Å². The summed E-state index contributed by atoms with van der Waals surface area (Å²) in [6, 6.07) is 14.5. The molecule has 2 N–H and O–H groups in total. The zero-order valence-electron chi connectivity index (χ0n) is 10.9. The predicted molar refractivity (Wildman–Crippen MR) is 86.5 cm³/mol. The van der Waals surface area contributed by atoms with Gasteiger partial charge in [-0.25, -0.2) is 4.98 Å². The van der Waals surface area contributed by atoms with Gasteiger partial charge in [0.25, 0.3) is 0 Å². The molecule has 0 unspecified atom stereocenters. The Morgan fingerprint density at radius 1 is 1.05 bits per heavy atom. The van der Waals surface area contributed by atoms with E-state index >= 15 is 0 Å². The summed E-state index contributed by atoms with van der Waals surface area (Å²) in [6.07, 6.45) is 1.72. The zero-order valence-corrected chi connectivity index (χ0v) is 12.5. The van der Waals surface area contributed by atoms with Crippen molar-refractivity contribution in [2.45, 2.75) is 0 Å². The monoisotopic (exact) mass is 328 g/mol. The average Bonchev–Trinajstić information content (AvgIpc) is 2.49. The molecule has 3 aromatic rings. The van der Waals surface area contributed by atoms with Crippen LogP contribution in [0.4, 0.5) is 17.5 Å². The standard InChI is InChI=1S/C15H13BrN4/c1-17-15-18-9-13(16)14(20-15)19-12-7-6-10-4-2-3-5-11(10)8-12/h2-9H,1H3,(H2,17,18,19,20). The second-order valence-electron chi connectivity index (χ2n) is 4.33. The van der Waals surface area contributed by atoms with E-state index in [0.717, 1.165) is 16.0 Å². The minimum absolute atomic E-state index is 0.580. The molecule has 0 spiro atoms. The highest BCUT2D eigenvalue weighted by molar-refractivity contribution is 9.10. The van der Waals surface area contributed by atoms with Gasteiger partial charge in [-0.3, -0.25) is 0 Å². The Labute approximate surface area is 125 Å². The van der Waals surface area contributed by atoms with Crippen molar-refractivity contribution >= 4 is 44.2 Å². The molecule has 0 atom stereocenters. The molecule has 0 aliphatic carbocycles. The highest BCUT2D eigenvalue weighted by Gasteiger charge is 2.05. The summed E-state index contributed by atoms with van der Waals surface area (Å²) in [5.74, 6) is 1.32. The van der Waals surface area contributed by atoms with Gasteiger partial charge in [-0.1, -0.05) is 30.3 Å². The molecule has 0 bridgehead atoms. The van der Waals surface area contributed by atoms with Crippen LogP contribution in [0.5, 0.6) is 0 Å². The predicted octanol–water partition coefficient (Wildman–Crippen LogP) is 4.18. The minimum atomic E-state index is 0.580. The molecular formula is C15H13BrN4. The molecule has 5 heteroatoms. The lowest BCUT2D eigenvalue weighted by molar-refractivity contribution is 1.14. The molecule has 4 nitrogen and oxygen atoms in total. The summed E-state index contributed by atoms with van der Waals surface area (Å²) >= 11 is 3.45. The SMILES string of the molecule is CNc1ncc(Br)c(Nc2ccc3ccccc3c2)n1. The molecule has 0 fully saturated rings. The van der Waals surface area contributed by atoms with E-state index in [-0.39, 0.29) is 0 Å². The van der Waals surface area contributed by atoms with E-state index in [2.05, 4.69) is 60.8 Å².